The van der Waals surface area contributed by atoms with E-state index in [1.165, 1.54) is 0 Å². The lowest BCUT2D eigenvalue weighted by atomic mass is 9.46. The van der Waals surface area contributed by atoms with Crippen LogP contribution in [-0.4, -0.2) is 52.5 Å². The smallest absolute Gasteiger partial charge is 0.193 e. The second-order valence-electron chi connectivity index (χ2n) is 10.7. The lowest BCUT2D eigenvalue weighted by Crippen LogP contribution is -2.63. The first-order valence-corrected chi connectivity index (χ1v) is 11.8. The van der Waals surface area contributed by atoms with Crippen molar-refractivity contribution in [1.82, 2.24) is 0 Å². The number of fused-ring (bicyclic) bond motifs is 7. The summed E-state index contributed by atoms with van der Waals surface area (Å²) < 4.78 is 12.7. The summed E-state index contributed by atoms with van der Waals surface area (Å²) in [4.78, 5) is 25.2. The molecule has 1 heterocycles. The second kappa shape index (κ2) is 7.08. The van der Waals surface area contributed by atoms with Gasteiger partial charge in [-0.2, -0.15) is 0 Å². The van der Waals surface area contributed by atoms with Crippen molar-refractivity contribution in [1.29, 1.82) is 0 Å². The Morgan fingerprint density at radius 1 is 1.32 bits per heavy atom. The molecule has 4 unspecified atom stereocenters. The predicted octanol–water partition coefficient (Wildman–Crippen LogP) is 2.72. The van der Waals surface area contributed by atoms with Crippen LogP contribution in [0.2, 0.25) is 0 Å². The molecule has 6 nitrogen and oxygen atoms in total. The van der Waals surface area contributed by atoms with Crippen molar-refractivity contribution in [3.63, 3.8) is 0 Å². The molecule has 3 saturated carbocycles. The predicted molar refractivity (Wildman–Crippen MR) is 113 cm³/mol. The van der Waals surface area contributed by atoms with Crippen molar-refractivity contribution in [2.24, 2.45) is 28.6 Å². The number of aliphatic hydroxyl groups excluding tert-OH is 2. The fraction of sp³-hybridized carbons (Fsp3) is 0.760. The van der Waals surface area contributed by atoms with Gasteiger partial charge >= 0.3 is 0 Å². The normalized spacial score (nSPS) is 50.4. The zero-order valence-corrected chi connectivity index (χ0v) is 18.7. The molecule has 2 N–H and O–H groups in total. The summed E-state index contributed by atoms with van der Waals surface area (Å²) >= 11 is 0. The SMILES string of the molecule is CCCC1O[C@@H]2CC3C4CCC5=CC(=O)C=C[C@]5(C)C4[C@@H](O)C[C@]3(C)[C@]2(C(=O)CO)O1. The summed E-state index contributed by atoms with van der Waals surface area (Å²) in [5.41, 5.74) is -1.05. The van der Waals surface area contributed by atoms with Crippen molar-refractivity contribution in [3.05, 3.63) is 23.8 Å². The first-order valence-electron chi connectivity index (χ1n) is 11.8. The molecule has 0 amide bonds. The Hall–Kier alpha value is -1.34. The molecule has 5 rings (SSSR count). The molecule has 0 spiro atoms. The van der Waals surface area contributed by atoms with E-state index in [4.69, 9.17) is 9.47 Å². The maximum absolute atomic E-state index is 13.2. The van der Waals surface area contributed by atoms with E-state index >= 15 is 0 Å². The van der Waals surface area contributed by atoms with Crippen molar-refractivity contribution in [2.75, 3.05) is 6.61 Å². The number of allylic oxidation sites excluding steroid dienone is 4. The number of hydrogen-bond donors (Lipinski definition) is 2. The van der Waals surface area contributed by atoms with E-state index in [-0.39, 0.29) is 34.7 Å². The molecule has 0 radical (unpaired) electrons. The molecule has 0 aromatic carbocycles. The molecule has 0 aromatic heterocycles. The number of hydrogen-bond acceptors (Lipinski definition) is 6. The molecule has 31 heavy (non-hydrogen) atoms. The fourth-order valence-corrected chi connectivity index (χ4v) is 8.12. The van der Waals surface area contributed by atoms with Crippen LogP contribution in [0.25, 0.3) is 0 Å². The van der Waals surface area contributed by atoms with Gasteiger partial charge in [0.15, 0.2) is 23.5 Å². The third-order valence-corrected chi connectivity index (χ3v) is 9.37. The van der Waals surface area contributed by atoms with E-state index in [9.17, 15) is 19.8 Å². The molecule has 1 aliphatic heterocycles. The van der Waals surface area contributed by atoms with E-state index in [0.29, 0.717) is 19.3 Å². The Balaban J connectivity index is 1.55. The van der Waals surface area contributed by atoms with Gasteiger partial charge in [0.1, 0.15) is 6.61 Å². The average Bonchev–Trinajstić information content (AvgIpc) is 3.20. The zero-order valence-electron chi connectivity index (χ0n) is 18.7. The highest BCUT2D eigenvalue weighted by Crippen LogP contribution is 2.69. The highest BCUT2D eigenvalue weighted by Gasteiger charge is 2.75. The largest absolute Gasteiger partial charge is 0.393 e. The summed E-state index contributed by atoms with van der Waals surface area (Å²) in [5, 5.41) is 21.4. The Labute approximate surface area is 183 Å². The molecule has 0 aromatic rings. The second-order valence-corrected chi connectivity index (χ2v) is 10.7. The van der Waals surface area contributed by atoms with Crippen LogP contribution in [0.15, 0.2) is 23.8 Å². The monoisotopic (exact) mass is 430 g/mol. The number of ketones is 2. The molecule has 4 fully saturated rings. The van der Waals surface area contributed by atoms with Gasteiger partial charge in [-0.3, -0.25) is 9.59 Å². The minimum absolute atomic E-state index is 0.0125. The Kier molecular flexibility index (Phi) is 4.91. The molecule has 1 saturated heterocycles. The highest BCUT2D eigenvalue weighted by molar-refractivity contribution is 6.01. The molecule has 4 aliphatic carbocycles. The first-order chi connectivity index (χ1) is 14.7. The molecule has 6 heteroatoms. The Bertz CT molecular complexity index is 862. The third-order valence-electron chi connectivity index (χ3n) is 9.37. The van der Waals surface area contributed by atoms with Gasteiger partial charge in [0.05, 0.1) is 12.2 Å². The van der Waals surface area contributed by atoms with Crippen molar-refractivity contribution < 1.29 is 29.3 Å². The summed E-state index contributed by atoms with van der Waals surface area (Å²) in [6, 6.07) is 0. The van der Waals surface area contributed by atoms with Crippen LogP contribution < -0.4 is 0 Å². The first kappa shape index (κ1) is 21.5. The number of carbonyl (C=O) groups excluding carboxylic acids is 2. The Morgan fingerprint density at radius 3 is 2.81 bits per heavy atom. The molecule has 170 valence electrons. The number of rotatable bonds is 4. The van der Waals surface area contributed by atoms with E-state index in [1.54, 1.807) is 12.2 Å². The van der Waals surface area contributed by atoms with Gasteiger partial charge in [0.25, 0.3) is 0 Å². The van der Waals surface area contributed by atoms with E-state index < -0.39 is 36.1 Å². The van der Waals surface area contributed by atoms with Crippen molar-refractivity contribution in [2.45, 2.75) is 83.4 Å². The summed E-state index contributed by atoms with van der Waals surface area (Å²) in [6.07, 6.45) is 8.31. The topological polar surface area (TPSA) is 93.1 Å². The minimum Gasteiger partial charge on any atom is -0.393 e. The molecule has 9 atom stereocenters. The fourth-order valence-electron chi connectivity index (χ4n) is 8.12. The molecular weight excluding hydrogens is 396 g/mol. The average molecular weight is 431 g/mol. The van der Waals surface area contributed by atoms with E-state index in [0.717, 1.165) is 24.8 Å². The molecule has 0 bridgehead atoms. The van der Waals surface area contributed by atoms with Gasteiger partial charge in [0, 0.05) is 16.7 Å². The third kappa shape index (κ3) is 2.65. The highest BCUT2D eigenvalue weighted by atomic mass is 16.7. The quantitative estimate of drug-likeness (QED) is 0.712. The van der Waals surface area contributed by atoms with Gasteiger partial charge < -0.3 is 19.7 Å². The van der Waals surface area contributed by atoms with Crippen molar-refractivity contribution in [3.8, 4) is 0 Å². The maximum Gasteiger partial charge on any atom is 0.193 e. The molecular formula is C25H34O6. The number of Topliss-reactive ketones (excluding diaryl/α,β-unsaturated/α-hetero) is 1. The van der Waals surface area contributed by atoms with Gasteiger partial charge in [-0.25, -0.2) is 0 Å². The summed E-state index contributed by atoms with van der Waals surface area (Å²) in [5.74, 6) is 0.0274. The number of carbonyl (C=O) groups is 2. The van der Waals surface area contributed by atoms with Gasteiger partial charge in [-0.05, 0) is 56.1 Å². The van der Waals surface area contributed by atoms with Gasteiger partial charge in [-0.15, -0.1) is 0 Å². The zero-order chi connectivity index (χ0) is 22.2. The van der Waals surface area contributed by atoms with Crippen LogP contribution in [0.5, 0.6) is 0 Å². The minimum atomic E-state index is -1.20. The molecule has 5 aliphatic rings. The van der Waals surface area contributed by atoms with E-state index in [2.05, 4.69) is 20.8 Å². The van der Waals surface area contributed by atoms with Crippen LogP contribution in [0, 0.1) is 28.6 Å². The van der Waals surface area contributed by atoms with Crippen LogP contribution in [0.4, 0.5) is 0 Å². The summed E-state index contributed by atoms with van der Waals surface area (Å²) in [7, 11) is 0. The number of aliphatic hydroxyl groups is 2. The lowest BCUT2D eigenvalue weighted by molar-refractivity contribution is -0.200. The summed E-state index contributed by atoms with van der Waals surface area (Å²) in [6.45, 7) is 5.67. The number of ether oxygens (including phenoxy) is 2. The van der Waals surface area contributed by atoms with Crippen LogP contribution in [0.1, 0.15) is 59.3 Å². The standard InChI is InChI=1S/C25H34O6/c1-4-5-21-30-20-11-17-16-7-6-14-10-15(27)8-9-23(14,2)22(16)18(28)12-24(17,3)25(20,31-21)19(29)13-26/h8-10,16-18,20-22,26,28H,4-7,11-13H2,1-3H3/t16?,17?,18-,20+,21?,22?,23-,24-,25+/m0/s1. The van der Waals surface area contributed by atoms with Crippen LogP contribution >= 0.6 is 0 Å². The van der Waals surface area contributed by atoms with Crippen LogP contribution in [-0.2, 0) is 19.1 Å². The maximum atomic E-state index is 13.2. The van der Waals surface area contributed by atoms with E-state index in [1.807, 2.05) is 6.08 Å². The van der Waals surface area contributed by atoms with Gasteiger partial charge in [-0.1, -0.05) is 38.8 Å². The Morgan fingerprint density at radius 2 is 2.10 bits per heavy atom. The van der Waals surface area contributed by atoms with Crippen molar-refractivity contribution >= 4 is 11.6 Å². The van der Waals surface area contributed by atoms with Crippen LogP contribution in [0.3, 0.4) is 0 Å². The lowest BCUT2D eigenvalue weighted by Gasteiger charge is -2.59. The van der Waals surface area contributed by atoms with Gasteiger partial charge in [0.2, 0.25) is 0 Å².